The van der Waals surface area contributed by atoms with Gasteiger partial charge in [-0.15, -0.1) is 0 Å². The van der Waals surface area contributed by atoms with E-state index in [1.165, 1.54) is 13.1 Å². The minimum absolute atomic E-state index is 0.0147. The maximum atomic E-state index is 13.0. The van der Waals surface area contributed by atoms with Crippen LogP contribution in [0.5, 0.6) is 0 Å². The molecule has 0 N–H and O–H groups in total. The van der Waals surface area contributed by atoms with Crippen molar-refractivity contribution in [3.05, 3.63) is 55.6 Å². The Morgan fingerprint density at radius 2 is 2.05 bits per heavy atom. The van der Waals surface area contributed by atoms with E-state index in [-0.39, 0.29) is 17.0 Å². The molecule has 0 spiro atoms. The lowest BCUT2D eigenvalue weighted by Gasteiger charge is -2.08. The number of hydrogen-bond acceptors (Lipinski definition) is 4. The predicted molar refractivity (Wildman–Crippen MR) is 65.4 cm³/mol. The molecule has 98 valence electrons. The van der Waals surface area contributed by atoms with Crippen molar-refractivity contribution in [1.82, 2.24) is 14.3 Å². The Hall–Kier alpha value is -2.28. The molecule has 19 heavy (non-hydrogen) atoms. The third-order valence-corrected chi connectivity index (χ3v) is 2.71. The number of aldehydes is 1. The quantitative estimate of drug-likeness (QED) is 0.754. The van der Waals surface area contributed by atoms with Crippen molar-refractivity contribution in [3.63, 3.8) is 0 Å². The molecule has 0 saturated heterocycles. The summed E-state index contributed by atoms with van der Waals surface area (Å²) in [5, 5.41) is 3.39. The van der Waals surface area contributed by atoms with Gasteiger partial charge in [0.1, 0.15) is 5.82 Å². The fourth-order valence-electron chi connectivity index (χ4n) is 1.54. The smallest absolute Gasteiger partial charge is 0.296 e. The van der Waals surface area contributed by atoms with E-state index in [1.807, 2.05) is 0 Å². The third kappa shape index (κ3) is 2.19. The molecule has 2 rings (SSSR count). The molecule has 0 bridgehead atoms. The molecule has 2 aromatic rings. The second-order valence-corrected chi connectivity index (χ2v) is 4.05. The number of halogens is 2. The molecule has 0 amide bonds. The van der Waals surface area contributed by atoms with Crippen LogP contribution in [0.2, 0.25) is 5.02 Å². The fourth-order valence-corrected chi connectivity index (χ4v) is 1.79. The summed E-state index contributed by atoms with van der Waals surface area (Å²) in [6.45, 7) is 0. The highest BCUT2D eigenvalue weighted by Crippen LogP contribution is 2.18. The van der Waals surface area contributed by atoms with Gasteiger partial charge in [0.2, 0.25) is 0 Å². The summed E-state index contributed by atoms with van der Waals surface area (Å²) >= 11 is 5.80. The van der Waals surface area contributed by atoms with E-state index in [9.17, 15) is 18.8 Å². The van der Waals surface area contributed by atoms with Crippen molar-refractivity contribution in [2.75, 3.05) is 0 Å². The van der Waals surface area contributed by atoms with Crippen LogP contribution in [0.3, 0.4) is 0 Å². The summed E-state index contributed by atoms with van der Waals surface area (Å²) in [5.74, 6) is -0.608. The highest BCUT2D eigenvalue weighted by molar-refractivity contribution is 6.32. The summed E-state index contributed by atoms with van der Waals surface area (Å²) in [7, 11) is 1.28. The van der Waals surface area contributed by atoms with Crippen LogP contribution in [-0.2, 0) is 7.05 Å². The van der Waals surface area contributed by atoms with E-state index in [4.69, 9.17) is 11.6 Å². The Labute approximate surface area is 110 Å². The van der Waals surface area contributed by atoms with Crippen molar-refractivity contribution >= 4 is 17.9 Å². The molecule has 6 nitrogen and oxygen atoms in total. The minimum Gasteiger partial charge on any atom is -0.296 e. The predicted octanol–water partition coefficient (Wildman–Crippen LogP) is 0.536. The van der Waals surface area contributed by atoms with Gasteiger partial charge in [-0.1, -0.05) is 11.6 Å². The standard InChI is InChI=1S/C11H7ClFN3O3/c1-15-11(19)16(10(18)8(5-17)14-15)9-3-2-6(13)4-7(9)12/h2-5H,1H3. The number of carbonyl (C=O) groups excluding carboxylic acids is 1. The van der Waals surface area contributed by atoms with Gasteiger partial charge in [-0.25, -0.2) is 18.4 Å². The van der Waals surface area contributed by atoms with Crippen LogP contribution in [0.1, 0.15) is 10.5 Å². The molecule has 0 unspecified atom stereocenters. The zero-order chi connectivity index (χ0) is 14.2. The van der Waals surface area contributed by atoms with Crippen LogP contribution in [-0.4, -0.2) is 20.6 Å². The first-order chi connectivity index (χ1) is 8.95. The Kier molecular flexibility index (Phi) is 3.30. The summed E-state index contributed by atoms with van der Waals surface area (Å²) < 4.78 is 14.5. The van der Waals surface area contributed by atoms with E-state index < -0.39 is 22.8 Å². The Morgan fingerprint density at radius 3 is 2.63 bits per heavy atom. The molecular weight excluding hydrogens is 277 g/mol. The van der Waals surface area contributed by atoms with Gasteiger partial charge >= 0.3 is 5.69 Å². The maximum Gasteiger partial charge on any atom is 0.351 e. The second kappa shape index (κ2) is 4.77. The summed E-state index contributed by atoms with van der Waals surface area (Å²) in [4.78, 5) is 34.5. The first kappa shape index (κ1) is 13.2. The lowest BCUT2D eigenvalue weighted by Crippen LogP contribution is -2.41. The van der Waals surface area contributed by atoms with Crippen LogP contribution >= 0.6 is 11.6 Å². The first-order valence-electron chi connectivity index (χ1n) is 5.06. The first-order valence-corrected chi connectivity index (χ1v) is 5.44. The Balaban J connectivity index is 2.89. The van der Waals surface area contributed by atoms with Gasteiger partial charge in [-0.2, -0.15) is 5.10 Å². The lowest BCUT2D eigenvalue weighted by molar-refractivity contribution is 0.111. The van der Waals surface area contributed by atoms with Gasteiger partial charge in [0.05, 0.1) is 10.7 Å². The monoisotopic (exact) mass is 283 g/mol. The summed E-state index contributed by atoms with van der Waals surface area (Å²) in [6, 6.07) is 3.19. The number of rotatable bonds is 2. The van der Waals surface area contributed by atoms with Crippen molar-refractivity contribution in [3.8, 4) is 5.69 Å². The van der Waals surface area contributed by atoms with Gasteiger partial charge in [-0.3, -0.25) is 9.59 Å². The van der Waals surface area contributed by atoms with E-state index in [0.717, 1.165) is 16.8 Å². The topological polar surface area (TPSA) is 74.0 Å². The van der Waals surface area contributed by atoms with Crippen molar-refractivity contribution in [2.45, 2.75) is 0 Å². The van der Waals surface area contributed by atoms with Crippen molar-refractivity contribution in [2.24, 2.45) is 7.05 Å². The number of nitrogens with zero attached hydrogens (tertiary/aromatic N) is 3. The Bertz CT molecular complexity index is 782. The van der Waals surface area contributed by atoms with E-state index >= 15 is 0 Å². The number of hydrogen-bond donors (Lipinski definition) is 0. The maximum absolute atomic E-state index is 13.0. The van der Waals surface area contributed by atoms with Crippen molar-refractivity contribution < 1.29 is 9.18 Å². The van der Waals surface area contributed by atoms with Crippen LogP contribution in [0.25, 0.3) is 5.69 Å². The van der Waals surface area contributed by atoms with Gasteiger partial charge in [0.15, 0.2) is 12.0 Å². The van der Waals surface area contributed by atoms with Gasteiger partial charge in [0.25, 0.3) is 5.56 Å². The molecule has 1 aromatic carbocycles. The van der Waals surface area contributed by atoms with Crippen LogP contribution < -0.4 is 11.2 Å². The summed E-state index contributed by atoms with van der Waals surface area (Å²) in [5.41, 5.74) is -2.16. The lowest BCUT2D eigenvalue weighted by atomic mass is 10.3. The highest BCUT2D eigenvalue weighted by Gasteiger charge is 2.15. The highest BCUT2D eigenvalue weighted by atomic mass is 35.5. The molecule has 0 aliphatic heterocycles. The van der Waals surface area contributed by atoms with E-state index in [1.54, 1.807) is 0 Å². The molecule has 0 aliphatic rings. The van der Waals surface area contributed by atoms with Crippen LogP contribution in [0.15, 0.2) is 27.8 Å². The molecule has 1 heterocycles. The van der Waals surface area contributed by atoms with Gasteiger partial charge in [0, 0.05) is 7.05 Å². The molecule has 0 aliphatic carbocycles. The number of carbonyl (C=O) groups is 1. The molecular formula is C11H7ClFN3O3. The fraction of sp³-hybridized carbons (Fsp3) is 0.0909. The van der Waals surface area contributed by atoms with Crippen LogP contribution in [0.4, 0.5) is 4.39 Å². The third-order valence-electron chi connectivity index (χ3n) is 2.41. The SMILES string of the molecule is Cn1nc(C=O)c(=O)n(-c2ccc(F)cc2Cl)c1=O. The number of benzene rings is 1. The summed E-state index contributed by atoms with van der Waals surface area (Å²) in [6.07, 6.45) is 0.232. The second-order valence-electron chi connectivity index (χ2n) is 3.65. The molecule has 8 heteroatoms. The average molecular weight is 284 g/mol. The largest absolute Gasteiger partial charge is 0.351 e. The van der Waals surface area contributed by atoms with E-state index in [0.29, 0.717) is 4.57 Å². The molecule has 0 saturated carbocycles. The molecule has 0 radical (unpaired) electrons. The van der Waals surface area contributed by atoms with Crippen molar-refractivity contribution in [1.29, 1.82) is 0 Å². The molecule has 0 atom stereocenters. The number of aryl methyl sites for hydroxylation is 1. The Morgan fingerprint density at radius 1 is 1.37 bits per heavy atom. The van der Waals surface area contributed by atoms with Gasteiger partial charge < -0.3 is 0 Å². The van der Waals surface area contributed by atoms with Crippen LogP contribution in [0, 0.1) is 5.82 Å². The average Bonchev–Trinajstić information content (AvgIpc) is 2.36. The number of aromatic nitrogens is 3. The van der Waals surface area contributed by atoms with Gasteiger partial charge in [-0.05, 0) is 18.2 Å². The molecule has 1 aromatic heterocycles. The minimum atomic E-state index is -0.911. The molecule has 0 fully saturated rings. The van der Waals surface area contributed by atoms with E-state index in [2.05, 4.69) is 5.10 Å². The zero-order valence-electron chi connectivity index (χ0n) is 9.63. The normalized spacial score (nSPS) is 10.5. The zero-order valence-corrected chi connectivity index (χ0v) is 10.4.